The van der Waals surface area contributed by atoms with Gasteiger partial charge in [-0.25, -0.2) is 8.42 Å². The average molecular weight is 343 g/mol. The van der Waals surface area contributed by atoms with Gasteiger partial charge in [0.05, 0.1) is 18.1 Å². The van der Waals surface area contributed by atoms with E-state index in [-0.39, 0.29) is 10.9 Å². The lowest BCUT2D eigenvalue weighted by Crippen LogP contribution is -2.40. The van der Waals surface area contributed by atoms with Crippen molar-refractivity contribution in [1.29, 1.82) is 0 Å². The smallest absolute Gasteiger partial charge is 0.243 e. The Bertz CT molecular complexity index is 626. The van der Waals surface area contributed by atoms with Crippen molar-refractivity contribution in [3.8, 4) is 0 Å². The molecule has 22 heavy (non-hydrogen) atoms. The van der Waals surface area contributed by atoms with Crippen molar-refractivity contribution in [2.75, 3.05) is 31.6 Å². The monoisotopic (exact) mass is 343 g/mol. The van der Waals surface area contributed by atoms with Crippen LogP contribution in [0.1, 0.15) is 13.8 Å². The normalized spacial score (nSPS) is 16.5. The molecule has 0 spiro atoms. The molecule has 2 N–H and O–H groups in total. The van der Waals surface area contributed by atoms with Crippen molar-refractivity contribution in [3.05, 3.63) is 24.3 Å². The van der Waals surface area contributed by atoms with Crippen LogP contribution in [-0.4, -0.2) is 50.2 Å². The number of nitrogens with zero attached hydrogens (tertiary/aromatic N) is 1. The van der Waals surface area contributed by atoms with Gasteiger partial charge in [-0.3, -0.25) is 0 Å². The van der Waals surface area contributed by atoms with Crippen molar-refractivity contribution in [2.24, 2.45) is 0 Å². The summed E-state index contributed by atoms with van der Waals surface area (Å²) in [6.45, 7) is 5.58. The van der Waals surface area contributed by atoms with E-state index in [2.05, 4.69) is 10.6 Å². The summed E-state index contributed by atoms with van der Waals surface area (Å²) in [6.07, 6.45) is 0. The molecule has 0 aromatic heterocycles. The number of thiocarbonyl (C=S) groups is 1. The van der Waals surface area contributed by atoms with Crippen LogP contribution in [0.15, 0.2) is 29.2 Å². The molecule has 0 amide bonds. The van der Waals surface area contributed by atoms with Crippen molar-refractivity contribution >= 4 is 33.0 Å². The molecule has 2 rings (SSSR count). The first kappa shape index (κ1) is 17.1. The van der Waals surface area contributed by atoms with Gasteiger partial charge in [-0.1, -0.05) is 6.07 Å². The molecular formula is C14H21N3O3S2. The van der Waals surface area contributed by atoms with Crippen molar-refractivity contribution < 1.29 is 13.2 Å². The fraction of sp³-hybridized carbons (Fsp3) is 0.500. The molecule has 0 saturated carbocycles. The predicted molar refractivity (Wildman–Crippen MR) is 90.5 cm³/mol. The number of morpholine rings is 1. The zero-order chi connectivity index (χ0) is 16.2. The molecular weight excluding hydrogens is 322 g/mol. The Labute approximate surface area is 136 Å². The fourth-order valence-corrected chi connectivity index (χ4v) is 3.91. The quantitative estimate of drug-likeness (QED) is 0.806. The van der Waals surface area contributed by atoms with E-state index in [1.54, 1.807) is 24.3 Å². The van der Waals surface area contributed by atoms with Gasteiger partial charge in [0, 0.05) is 24.8 Å². The number of hydrogen-bond donors (Lipinski definition) is 2. The first-order valence-corrected chi connectivity index (χ1v) is 9.00. The number of rotatable bonds is 4. The molecule has 0 aliphatic carbocycles. The van der Waals surface area contributed by atoms with Crippen LogP contribution in [0, 0.1) is 0 Å². The summed E-state index contributed by atoms with van der Waals surface area (Å²) in [5, 5.41) is 6.53. The summed E-state index contributed by atoms with van der Waals surface area (Å²) in [6, 6.07) is 6.88. The van der Waals surface area contributed by atoms with Crippen LogP contribution in [0.25, 0.3) is 0 Å². The SMILES string of the molecule is CC(C)NC(=S)Nc1cccc(S(=O)(=O)N2CCOCC2)c1. The average Bonchev–Trinajstić information content (AvgIpc) is 2.47. The summed E-state index contributed by atoms with van der Waals surface area (Å²) in [5.41, 5.74) is 0.646. The molecule has 6 nitrogen and oxygen atoms in total. The van der Waals surface area contributed by atoms with Gasteiger partial charge in [0.15, 0.2) is 5.11 Å². The summed E-state index contributed by atoms with van der Waals surface area (Å²) >= 11 is 5.18. The highest BCUT2D eigenvalue weighted by Gasteiger charge is 2.26. The van der Waals surface area contributed by atoms with E-state index in [4.69, 9.17) is 17.0 Å². The summed E-state index contributed by atoms with van der Waals surface area (Å²) in [5.74, 6) is 0. The Morgan fingerprint density at radius 3 is 2.64 bits per heavy atom. The van der Waals surface area contributed by atoms with Crippen LogP contribution in [0.2, 0.25) is 0 Å². The Morgan fingerprint density at radius 2 is 2.00 bits per heavy atom. The molecule has 0 atom stereocenters. The zero-order valence-corrected chi connectivity index (χ0v) is 14.3. The standard InChI is InChI=1S/C14H21N3O3S2/c1-11(2)15-14(21)16-12-4-3-5-13(10-12)22(18,19)17-6-8-20-9-7-17/h3-5,10-11H,6-9H2,1-2H3,(H2,15,16,21). The molecule has 1 aliphatic heterocycles. The maximum atomic E-state index is 12.6. The van der Waals surface area contributed by atoms with Gasteiger partial charge < -0.3 is 15.4 Å². The van der Waals surface area contributed by atoms with E-state index >= 15 is 0 Å². The molecule has 8 heteroatoms. The van der Waals surface area contributed by atoms with Crippen LogP contribution < -0.4 is 10.6 Å². The minimum absolute atomic E-state index is 0.209. The number of benzene rings is 1. The van der Waals surface area contributed by atoms with Gasteiger partial charge in [0.1, 0.15) is 0 Å². The molecule has 1 heterocycles. The Hall–Kier alpha value is -1.22. The lowest BCUT2D eigenvalue weighted by atomic mass is 10.3. The van der Waals surface area contributed by atoms with Gasteiger partial charge in [-0.05, 0) is 44.3 Å². The fourth-order valence-electron chi connectivity index (χ4n) is 2.10. The van der Waals surface area contributed by atoms with E-state index in [1.165, 1.54) is 4.31 Å². The van der Waals surface area contributed by atoms with Gasteiger partial charge in [0.25, 0.3) is 0 Å². The van der Waals surface area contributed by atoms with Crippen molar-refractivity contribution in [3.63, 3.8) is 0 Å². The Kier molecular flexibility index (Phi) is 5.74. The number of ether oxygens (including phenoxy) is 1. The lowest BCUT2D eigenvalue weighted by Gasteiger charge is -2.26. The third-order valence-corrected chi connectivity index (χ3v) is 5.23. The molecule has 0 unspecified atom stereocenters. The number of nitrogens with one attached hydrogen (secondary N) is 2. The summed E-state index contributed by atoms with van der Waals surface area (Å²) in [4.78, 5) is 0.256. The number of hydrogen-bond acceptors (Lipinski definition) is 4. The van der Waals surface area contributed by atoms with Crippen LogP contribution in [0.3, 0.4) is 0 Å². The number of anilines is 1. The maximum Gasteiger partial charge on any atom is 0.243 e. The minimum atomic E-state index is -3.49. The molecule has 1 saturated heterocycles. The van der Waals surface area contributed by atoms with Crippen LogP contribution in [-0.2, 0) is 14.8 Å². The second kappa shape index (κ2) is 7.36. The predicted octanol–water partition coefficient (Wildman–Crippen LogP) is 1.40. The molecule has 0 radical (unpaired) electrons. The van der Waals surface area contributed by atoms with Crippen LogP contribution in [0.5, 0.6) is 0 Å². The summed E-state index contributed by atoms with van der Waals surface area (Å²) in [7, 11) is -3.49. The van der Waals surface area contributed by atoms with Crippen LogP contribution >= 0.6 is 12.2 Å². The van der Waals surface area contributed by atoms with Gasteiger partial charge in [-0.15, -0.1) is 0 Å². The highest BCUT2D eigenvalue weighted by Crippen LogP contribution is 2.20. The first-order valence-electron chi connectivity index (χ1n) is 7.15. The number of sulfonamides is 1. The molecule has 1 aromatic carbocycles. The minimum Gasteiger partial charge on any atom is -0.379 e. The Balaban J connectivity index is 2.15. The Morgan fingerprint density at radius 1 is 1.32 bits per heavy atom. The van der Waals surface area contributed by atoms with Crippen molar-refractivity contribution in [2.45, 2.75) is 24.8 Å². The van der Waals surface area contributed by atoms with Gasteiger partial charge in [0.2, 0.25) is 10.0 Å². The largest absolute Gasteiger partial charge is 0.379 e. The maximum absolute atomic E-state index is 12.6. The topological polar surface area (TPSA) is 70.7 Å². The van der Waals surface area contributed by atoms with E-state index in [0.717, 1.165) is 0 Å². The van der Waals surface area contributed by atoms with Gasteiger partial charge >= 0.3 is 0 Å². The van der Waals surface area contributed by atoms with E-state index in [0.29, 0.717) is 37.1 Å². The third kappa shape index (κ3) is 4.39. The molecule has 1 aromatic rings. The highest BCUT2D eigenvalue weighted by molar-refractivity contribution is 7.89. The highest BCUT2D eigenvalue weighted by atomic mass is 32.2. The molecule has 1 aliphatic rings. The molecule has 122 valence electrons. The molecule has 0 bridgehead atoms. The molecule has 1 fully saturated rings. The second-order valence-electron chi connectivity index (χ2n) is 5.30. The van der Waals surface area contributed by atoms with E-state index < -0.39 is 10.0 Å². The van der Waals surface area contributed by atoms with E-state index in [1.807, 2.05) is 13.8 Å². The zero-order valence-electron chi connectivity index (χ0n) is 12.7. The second-order valence-corrected chi connectivity index (χ2v) is 7.64. The first-order chi connectivity index (χ1) is 10.4. The lowest BCUT2D eigenvalue weighted by molar-refractivity contribution is 0.0730. The van der Waals surface area contributed by atoms with Crippen LogP contribution in [0.4, 0.5) is 5.69 Å². The van der Waals surface area contributed by atoms with E-state index in [9.17, 15) is 8.42 Å². The summed E-state index contributed by atoms with van der Waals surface area (Å²) < 4.78 is 31.8. The van der Waals surface area contributed by atoms with Gasteiger partial charge in [-0.2, -0.15) is 4.31 Å². The third-order valence-electron chi connectivity index (χ3n) is 3.12. The van der Waals surface area contributed by atoms with Crippen molar-refractivity contribution in [1.82, 2.24) is 9.62 Å².